The van der Waals surface area contributed by atoms with E-state index in [9.17, 15) is 4.79 Å². The lowest BCUT2D eigenvalue weighted by atomic mass is 10.2. The molecule has 0 aliphatic heterocycles. The standard InChI is InChI=1S/C13H15NO4/c1-7(2)17-10-6-9(14)4-8-5-11(13(15)16-3)18-12(8)10/h4-7H,14H2,1-3H3. The Morgan fingerprint density at radius 3 is 2.67 bits per heavy atom. The molecule has 0 fully saturated rings. The van der Waals surface area contributed by atoms with Crippen molar-refractivity contribution in [1.29, 1.82) is 0 Å². The van der Waals surface area contributed by atoms with E-state index in [-0.39, 0.29) is 11.9 Å². The van der Waals surface area contributed by atoms with Gasteiger partial charge in [0.05, 0.1) is 13.2 Å². The van der Waals surface area contributed by atoms with Crippen LogP contribution in [-0.4, -0.2) is 19.2 Å². The molecule has 0 saturated heterocycles. The Labute approximate surface area is 104 Å². The van der Waals surface area contributed by atoms with Crippen molar-refractivity contribution in [3.8, 4) is 5.75 Å². The van der Waals surface area contributed by atoms with Crippen LogP contribution < -0.4 is 10.5 Å². The lowest BCUT2D eigenvalue weighted by Gasteiger charge is -2.10. The Morgan fingerprint density at radius 1 is 1.33 bits per heavy atom. The summed E-state index contributed by atoms with van der Waals surface area (Å²) < 4.78 is 15.7. The molecule has 2 N–H and O–H groups in total. The topological polar surface area (TPSA) is 74.7 Å². The van der Waals surface area contributed by atoms with Gasteiger partial charge in [0.15, 0.2) is 11.3 Å². The third-order valence-corrected chi connectivity index (χ3v) is 2.35. The number of hydrogen-bond donors (Lipinski definition) is 1. The van der Waals surface area contributed by atoms with E-state index in [0.717, 1.165) is 0 Å². The average molecular weight is 249 g/mol. The first-order valence-electron chi connectivity index (χ1n) is 5.59. The highest BCUT2D eigenvalue weighted by molar-refractivity contribution is 5.95. The van der Waals surface area contributed by atoms with Crippen molar-refractivity contribution in [1.82, 2.24) is 0 Å². The summed E-state index contributed by atoms with van der Waals surface area (Å²) in [6.07, 6.45) is -0.0123. The van der Waals surface area contributed by atoms with E-state index in [1.165, 1.54) is 7.11 Å². The monoisotopic (exact) mass is 249 g/mol. The summed E-state index contributed by atoms with van der Waals surface area (Å²) in [4.78, 5) is 11.4. The quantitative estimate of drug-likeness (QED) is 0.668. The number of nitrogen functional groups attached to an aromatic ring is 1. The van der Waals surface area contributed by atoms with Gasteiger partial charge in [0.25, 0.3) is 0 Å². The van der Waals surface area contributed by atoms with Gasteiger partial charge in [-0.05, 0) is 26.0 Å². The van der Waals surface area contributed by atoms with Gasteiger partial charge in [-0.1, -0.05) is 0 Å². The molecular weight excluding hydrogens is 234 g/mol. The first kappa shape index (κ1) is 12.3. The maximum atomic E-state index is 11.4. The number of methoxy groups -OCH3 is 1. The molecule has 0 radical (unpaired) electrons. The summed E-state index contributed by atoms with van der Waals surface area (Å²) >= 11 is 0. The van der Waals surface area contributed by atoms with Gasteiger partial charge >= 0.3 is 5.97 Å². The maximum Gasteiger partial charge on any atom is 0.373 e. The summed E-state index contributed by atoms with van der Waals surface area (Å²) in [6, 6.07) is 4.98. The van der Waals surface area contributed by atoms with Crippen molar-refractivity contribution in [2.24, 2.45) is 0 Å². The van der Waals surface area contributed by atoms with Crippen molar-refractivity contribution >= 4 is 22.6 Å². The van der Waals surface area contributed by atoms with Gasteiger partial charge in [-0.15, -0.1) is 0 Å². The molecule has 18 heavy (non-hydrogen) atoms. The molecular formula is C13H15NO4. The zero-order valence-corrected chi connectivity index (χ0v) is 10.5. The highest BCUT2D eigenvalue weighted by Gasteiger charge is 2.16. The first-order valence-corrected chi connectivity index (χ1v) is 5.59. The normalized spacial score (nSPS) is 10.9. The van der Waals surface area contributed by atoms with Crippen LogP contribution in [0.15, 0.2) is 22.6 Å². The third-order valence-electron chi connectivity index (χ3n) is 2.35. The van der Waals surface area contributed by atoms with Crippen molar-refractivity contribution in [2.75, 3.05) is 12.8 Å². The summed E-state index contributed by atoms with van der Waals surface area (Å²) in [6.45, 7) is 3.80. The largest absolute Gasteiger partial charge is 0.487 e. The molecule has 1 heterocycles. The molecule has 0 atom stereocenters. The van der Waals surface area contributed by atoms with E-state index in [2.05, 4.69) is 4.74 Å². The second kappa shape index (κ2) is 4.60. The lowest BCUT2D eigenvalue weighted by molar-refractivity contribution is 0.0567. The number of benzene rings is 1. The highest BCUT2D eigenvalue weighted by atomic mass is 16.5. The van der Waals surface area contributed by atoms with E-state index in [4.69, 9.17) is 14.9 Å². The van der Waals surface area contributed by atoms with Gasteiger partial charge in [0.2, 0.25) is 5.76 Å². The van der Waals surface area contributed by atoms with Crippen molar-refractivity contribution in [3.63, 3.8) is 0 Å². The van der Waals surface area contributed by atoms with Crippen LogP contribution in [0.5, 0.6) is 5.75 Å². The molecule has 0 spiro atoms. The van der Waals surface area contributed by atoms with Gasteiger partial charge in [-0.25, -0.2) is 4.79 Å². The average Bonchev–Trinajstić information content (AvgIpc) is 2.70. The van der Waals surface area contributed by atoms with Gasteiger partial charge in [-0.3, -0.25) is 0 Å². The maximum absolute atomic E-state index is 11.4. The Balaban J connectivity index is 2.56. The first-order chi connectivity index (χ1) is 8.51. The molecule has 0 aliphatic carbocycles. The second-order valence-corrected chi connectivity index (χ2v) is 4.21. The van der Waals surface area contributed by atoms with Gasteiger partial charge in [0, 0.05) is 17.1 Å². The molecule has 0 aliphatic rings. The number of fused-ring (bicyclic) bond motifs is 1. The van der Waals surface area contributed by atoms with E-state index < -0.39 is 5.97 Å². The lowest BCUT2D eigenvalue weighted by Crippen LogP contribution is -2.06. The number of hydrogen-bond acceptors (Lipinski definition) is 5. The number of anilines is 1. The zero-order chi connectivity index (χ0) is 13.3. The molecule has 2 aromatic rings. The molecule has 96 valence electrons. The van der Waals surface area contributed by atoms with Crippen LogP contribution in [0, 0.1) is 0 Å². The molecule has 5 heteroatoms. The molecule has 0 saturated carbocycles. The molecule has 0 bridgehead atoms. The molecule has 0 amide bonds. The predicted molar refractivity (Wildman–Crippen MR) is 67.7 cm³/mol. The molecule has 0 unspecified atom stereocenters. The minimum Gasteiger partial charge on any atom is -0.487 e. The minimum absolute atomic E-state index is 0.0123. The van der Waals surface area contributed by atoms with Crippen molar-refractivity contribution in [3.05, 3.63) is 24.0 Å². The minimum atomic E-state index is -0.528. The Morgan fingerprint density at radius 2 is 2.06 bits per heavy atom. The summed E-state index contributed by atoms with van der Waals surface area (Å²) in [7, 11) is 1.30. The number of furan rings is 1. The predicted octanol–water partition coefficient (Wildman–Crippen LogP) is 2.59. The fraction of sp³-hybridized carbons (Fsp3) is 0.308. The van der Waals surface area contributed by atoms with Gasteiger partial charge in [-0.2, -0.15) is 0 Å². The van der Waals surface area contributed by atoms with Crippen LogP contribution in [0.4, 0.5) is 5.69 Å². The smallest absolute Gasteiger partial charge is 0.373 e. The molecule has 2 rings (SSSR count). The van der Waals surface area contributed by atoms with Crippen LogP contribution >= 0.6 is 0 Å². The number of ether oxygens (including phenoxy) is 2. The van der Waals surface area contributed by atoms with Gasteiger partial charge < -0.3 is 19.6 Å². The van der Waals surface area contributed by atoms with Crippen molar-refractivity contribution < 1.29 is 18.7 Å². The molecule has 1 aromatic heterocycles. The fourth-order valence-corrected chi connectivity index (χ4v) is 1.69. The summed E-state index contributed by atoms with van der Waals surface area (Å²) in [5.41, 5.74) is 6.83. The number of rotatable bonds is 3. The van der Waals surface area contributed by atoms with Crippen LogP contribution in [0.3, 0.4) is 0 Å². The molecule has 1 aromatic carbocycles. The third kappa shape index (κ3) is 2.25. The van der Waals surface area contributed by atoms with Gasteiger partial charge in [0.1, 0.15) is 0 Å². The van der Waals surface area contributed by atoms with E-state index >= 15 is 0 Å². The number of esters is 1. The number of nitrogens with two attached hydrogens (primary N) is 1. The zero-order valence-electron chi connectivity index (χ0n) is 10.5. The second-order valence-electron chi connectivity index (χ2n) is 4.21. The Bertz CT molecular complexity index is 586. The summed E-state index contributed by atoms with van der Waals surface area (Å²) in [5.74, 6) is 0.127. The van der Waals surface area contributed by atoms with E-state index in [1.54, 1.807) is 18.2 Å². The van der Waals surface area contributed by atoms with Crippen LogP contribution in [0.1, 0.15) is 24.4 Å². The highest BCUT2D eigenvalue weighted by Crippen LogP contribution is 2.32. The van der Waals surface area contributed by atoms with E-state index in [0.29, 0.717) is 22.4 Å². The Hall–Kier alpha value is -2.17. The molecule has 5 nitrogen and oxygen atoms in total. The Kier molecular flexibility index (Phi) is 3.14. The number of carbonyl (C=O) groups excluding carboxylic acids is 1. The summed E-state index contributed by atoms with van der Waals surface area (Å²) in [5, 5.41) is 0.714. The SMILES string of the molecule is COC(=O)c1cc2cc(N)cc(OC(C)C)c2o1. The van der Waals surface area contributed by atoms with Crippen LogP contribution in [0.25, 0.3) is 11.0 Å². The fourth-order valence-electron chi connectivity index (χ4n) is 1.69. The van der Waals surface area contributed by atoms with Crippen LogP contribution in [-0.2, 0) is 4.74 Å². The van der Waals surface area contributed by atoms with Crippen molar-refractivity contribution in [2.45, 2.75) is 20.0 Å². The number of carbonyl (C=O) groups is 1. The van der Waals surface area contributed by atoms with Crippen LogP contribution in [0.2, 0.25) is 0 Å². The van der Waals surface area contributed by atoms with E-state index in [1.807, 2.05) is 13.8 Å².